The summed E-state index contributed by atoms with van der Waals surface area (Å²) >= 11 is 5.04. The maximum absolute atomic E-state index is 5.33. The topological polar surface area (TPSA) is 59.2 Å². The van der Waals surface area contributed by atoms with Gasteiger partial charge in [0.1, 0.15) is 16.1 Å². The molecule has 1 heterocycles. The van der Waals surface area contributed by atoms with Crippen LogP contribution in [0.1, 0.15) is 5.56 Å². The fraction of sp³-hybridized carbons (Fsp3) is 0.231. The molecule has 1 aromatic carbocycles. The van der Waals surface area contributed by atoms with E-state index < -0.39 is 0 Å². The van der Waals surface area contributed by atoms with Crippen LogP contribution in [0, 0.1) is 4.64 Å². The van der Waals surface area contributed by atoms with Gasteiger partial charge in [0.2, 0.25) is 5.95 Å². The van der Waals surface area contributed by atoms with Crippen LogP contribution < -0.4 is 14.8 Å². The zero-order chi connectivity index (χ0) is 13.7. The van der Waals surface area contributed by atoms with Gasteiger partial charge in [-0.05, 0) is 18.2 Å². The number of ether oxygens (including phenoxy) is 2. The molecule has 0 radical (unpaired) electrons. The molecule has 0 aliphatic heterocycles. The number of rotatable bonds is 5. The zero-order valence-electron chi connectivity index (χ0n) is 10.8. The van der Waals surface area contributed by atoms with E-state index in [1.165, 1.54) is 0 Å². The maximum atomic E-state index is 5.33. The van der Waals surface area contributed by atoms with Crippen LogP contribution in [0.15, 0.2) is 30.5 Å². The Balaban J connectivity index is 2.13. The second-order valence-corrected chi connectivity index (χ2v) is 4.25. The molecule has 19 heavy (non-hydrogen) atoms. The van der Waals surface area contributed by atoms with Crippen LogP contribution in [0.25, 0.3) is 0 Å². The van der Waals surface area contributed by atoms with E-state index in [9.17, 15) is 0 Å². The van der Waals surface area contributed by atoms with Gasteiger partial charge >= 0.3 is 0 Å². The highest BCUT2D eigenvalue weighted by Gasteiger charge is 2.05. The van der Waals surface area contributed by atoms with Gasteiger partial charge in [-0.1, -0.05) is 12.2 Å². The van der Waals surface area contributed by atoms with Gasteiger partial charge in [-0.2, -0.15) is 0 Å². The van der Waals surface area contributed by atoms with Crippen LogP contribution in [0.3, 0.4) is 0 Å². The van der Waals surface area contributed by atoms with E-state index in [1.54, 1.807) is 26.5 Å². The molecule has 2 aromatic rings. The first kappa shape index (κ1) is 13.4. The third kappa shape index (κ3) is 3.45. The SMILES string of the molecule is COc1ccc(CNc2nccc(=S)[nH]2)c(OC)c1. The summed E-state index contributed by atoms with van der Waals surface area (Å²) in [6, 6.07) is 7.41. The van der Waals surface area contributed by atoms with E-state index >= 15 is 0 Å². The molecule has 0 bridgehead atoms. The van der Waals surface area contributed by atoms with Crippen molar-refractivity contribution in [2.75, 3.05) is 19.5 Å². The van der Waals surface area contributed by atoms with Gasteiger partial charge in [0.05, 0.1) is 14.2 Å². The molecule has 0 saturated heterocycles. The Morgan fingerprint density at radius 1 is 1.26 bits per heavy atom. The third-order valence-electron chi connectivity index (χ3n) is 2.61. The summed E-state index contributed by atoms with van der Waals surface area (Å²) < 4.78 is 11.1. The Bertz CT molecular complexity index is 613. The average molecular weight is 277 g/mol. The molecule has 0 aliphatic rings. The van der Waals surface area contributed by atoms with Gasteiger partial charge in [-0.15, -0.1) is 0 Å². The van der Waals surface area contributed by atoms with E-state index in [0.717, 1.165) is 17.1 Å². The number of aromatic nitrogens is 2. The molecule has 0 aliphatic carbocycles. The van der Waals surface area contributed by atoms with E-state index in [0.29, 0.717) is 17.1 Å². The van der Waals surface area contributed by atoms with Crippen molar-refractivity contribution >= 4 is 18.2 Å². The van der Waals surface area contributed by atoms with Crippen LogP contribution in [-0.2, 0) is 6.54 Å². The van der Waals surface area contributed by atoms with E-state index in [-0.39, 0.29) is 0 Å². The summed E-state index contributed by atoms with van der Waals surface area (Å²) in [6.45, 7) is 0.579. The van der Waals surface area contributed by atoms with Gasteiger partial charge in [-0.3, -0.25) is 0 Å². The molecule has 0 fully saturated rings. The van der Waals surface area contributed by atoms with Gasteiger partial charge < -0.3 is 19.8 Å². The van der Waals surface area contributed by atoms with E-state index in [1.807, 2.05) is 18.2 Å². The molecule has 0 saturated carbocycles. The fourth-order valence-corrected chi connectivity index (χ4v) is 1.79. The summed E-state index contributed by atoms with van der Waals surface area (Å²) in [4.78, 5) is 7.11. The maximum Gasteiger partial charge on any atom is 0.201 e. The first-order chi connectivity index (χ1) is 9.22. The third-order valence-corrected chi connectivity index (χ3v) is 2.85. The largest absolute Gasteiger partial charge is 0.497 e. The minimum Gasteiger partial charge on any atom is -0.497 e. The number of methoxy groups -OCH3 is 2. The number of nitrogens with zero attached hydrogens (tertiary/aromatic N) is 1. The molecule has 0 amide bonds. The lowest BCUT2D eigenvalue weighted by Gasteiger charge is -2.11. The van der Waals surface area contributed by atoms with Crippen molar-refractivity contribution in [2.24, 2.45) is 0 Å². The van der Waals surface area contributed by atoms with Crippen LogP contribution in [0.5, 0.6) is 11.5 Å². The number of nitrogens with one attached hydrogen (secondary N) is 2. The summed E-state index contributed by atoms with van der Waals surface area (Å²) in [7, 11) is 3.26. The molecule has 1 aromatic heterocycles. The number of hydrogen-bond donors (Lipinski definition) is 2. The Morgan fingerprint density at radius 3 is 2.79 bits per heavy atom. The van der Waals surface area contributed by atoms with Crippen molar-refractivity contribution in [1.29, 1.82) is 0 Å². The van der Waals surface area contributed by atoms with Gasteiger partial charge in [0, 0.05) is 24.4 Å². The Hall–Kier alpha value is -2.08. The molecular formula is C13H15N3O2S. The minimum absolute atomic E-state index is 0.579. The molecule has 100 valence electrons. The second kappa shape index (κ2) is 6.19. The molecule has 0 spiro atoms. The molecule has 0 unspecified atom stereocenters. The van der Waals surface area contributed by atoms with Gasteiger partial charge in [0.25, 0.3) is 0 Å². The van der Waals surface area contributed by atoms with Crippen molar-refractivity contribution in [3.05, 3.63) is 40.7 Å². The lowest BCUT2D eigenvalue weighted by molar-refractivity contribution is 0.391. The average Bonchev–Trinajstić information content (AvgIpc) is 2.45. The Morgan fingerprint density at radius 2 is 2.11 bits per heavy atom. The predicted octanol–water partition coefficient (Wildman–Crippen LogP) is 2.77. The quantitative estimate of drug-likeness (QED) is 0.823. The van der Waals surface area contributed by atoms with Gasteiger partial charge in [0.15, 0.2) is 0 Å². The van der Waals surface area contributed by atoms with Crippen LogP contribution in [0.2, 0.25) is 0 Å². The first-order valence-electron chi connectivity index (χ1n) is 5.73. The highest BCUT2D eigenvalue weighted by atomic mass is 32.1. The summed E-state index contributed by atoms with van der Waals surface area (Å²) in [5, 5.41) is 3.16. The molecule has 5 nitrogen and oxygen atoms in total. The number of benzene rings is 1. The van der Waals surface area contributed by atoms with Crippen molar-refractivity contribution in [3.8, 4) is 11.5 Å². The van der Waals surface area contributed by atoms with E-state index in [4.69, 9.17) is 21.7 Å². The van der Waals surface area contributed by atoms with Crippen LogP contribution in [0.4, 0.5) is 5.95 Å². The highest BCUT2D eigenvalue weighted by molar-refractivity contribution is 7.71. The number of hydrogen-bond acceptors (Lipinski definition) is 5. The first-order valence-corrected chi connectivity index (χ1v) is 6.14. The van der Waals surface area contributed by atoms with Gasteiger partial charge in [-0.25, -0.2) is 4.98 Å². The standard InChI is InChI=1S/C13H15N3O2S/c1-17-10-4-3-9(11(7-10)18-2)8-15-13-14-6-5-12(19)16-13/h3-7H,8H2,1-2H3,(H2,14,15,16,19). The molecule has 6 heteroatoms. The van der Waals surface area contributed by atoms with Crippen molar-refractivity contribution < 1.29 is 9.47 Å². The van der Waals surface area contributed by atoms with Crippen molar-refractivity contribution in [2.45, 2.75) is 6.54 Å². The van der Waals surface area contributed by atoms with Crippen LogP contribution >= 0.6 is 12.2 Å². The Labute approximate surface area is 116 Å². The minimum atomic E-state index is 0.579. The normalized spacial score (nSPS) is 10.0. The Kier molecular flexibility index (Phi) is 4.35. The lowest BCUT2D eigenvalue weighted by Crippen LogP contribution is -2.05. The zero-order valence-corrected chi connectivity index (χ0v) is 11.6. The lowest BCUT2D eigenvalue weighted by atomic mass is 10.2. The molecule has 2 rings (SSSR count). The second-order valence-electron chi connectivity index (χ2n) is 3.81. The monoisotopic (exact) mass is 277 g/mol. The smallest absolute Gasteiger partial charge is 0.201 e. The summed E-state index contributed by atoms with van der Waals surface area (Å²) in [5.41, 5.74) is 1.01. The van der Waals surface area contributed by atoms with Crippen molar-refractivity contribution in [1.82, 2.24) is 9.97 Å². The summed E-state index contributed by atoms with van der Waals surface area (Å²) in [6.07, 6.45) is 1.66. The number of H-pyrrole nitrogens is 1. The van der Waals surface area contributed by atoms with E-state index in [2.05, 4.69) is 15.3 Å². The number of aromatic amines is 1. The summed E-state index contributed by atoms with van der Waals surface area (Å²) in [5.74, 6) is 2.16. The molecule has 0 atom stereocenters. The molecule has 2 N–H and O–H groups in total. The van der Waals surface area contributed by atoms with Crippen molar-refractivity contribution in [3.63, 3.8) is 0 Å². The predicted molar refractivity (Wildman–Crippen MR) is 76.3 cm³/mol. The highest BCUT2D eigenvalue weighted by Crippen LogP contribution is 2.24. The fourth-order valence-electron chi connectivity index (χ4n) is 1.64. The molecular weight excluding hydrogens is 262 g/mol. The van der Waals surface area contributed by atoms with Crippen LogP contribution in [-0.4, -0.2) is 24.2 Å². The number of anilines is 1.